The number of rotatable bonds is 5. The predicted octanol–water partition coefficient (Wildman–Crippen LogP) is 2.20. The summed E-state index contributed by atoms with van der Waals surface area (Å²) in [6.07, 6.45) is 5.34. The molecule has 1 aromatic carbocycles. The summed E-state index contributed by atoms with van der Waals surface area (Å²) >= 11 is 0. The molecule has 1 heterocycles. The van der Waals surface area contributed by atoms with E-state index in [0.717, 1.165) is 18.6 Å². The van der Waals surface area contributed by atoms with Gasteiger partial charge in [0, 0.05) is 18.4 Å². The fourth-order valence-corrected chi connectivity index (χ4v) is 1.96. The first kappa shape index (κ1) is 12.6. The van der Waals surface area contributed by atoms with Crippen molar-refractivity contribution in [2.24, 2.45) is 5.73 Å². The van der Waals surface area contributed by atoms with E-state index in [4.69, 9.17) is 10.5 Å². The van der Waals surface area contributed by atoms with Crippen LogP contribution in [0.3, 0.4) is 0 Å². The summed E-state index contributed by atoms with van der Waals surface area (Å²) in [6.45, 7) is 0. The van der Waals surface area contributed by atoms with Gasteiger partial charge in [0.1, 0.15) is 5.75 Å². The summed E-state index contributed by atoms with van der Waals surface area (Å²) in [7, 11) is 1.67. The van der Waals surface area contributed by atoms with Crippen LogP contribution in [0.5, 0.6) is 5.75 Å². The third-order valence-corrected chi connectivity index (χ3v) is 2.90. The number of nitrogens with two attached hydrogens (primary N) is 1. The largest absolute Gasteiger partial charge is 0.497 e. The van der Waals surface area contributed by atoms with Gasteiger partial charge >= 0.3 is 0 Å². The minimum atomic E-state index is 0.126. The van der Waals surface area contributed by atoms with E-state index in [1.807, 2.05) is 24.3 Å². The fourth-order valence-electron chi connectivity index (χ4n) is 1.96. The number of hydrogen-bond acceptors (Lipinski definition) is 3. The minimum Gasteiger partial charge on any atom is -0.497 e. The second-order valence-electron chi connectivity index (χ2n) is 4.37. The van der Waals surface area contributed by atoms with Gasteiger partial charge in [0.05, 0.1) is 7.11 Å². The Kier molecular flexibility index (Phi) is 4.31. The first-order chi connectivity index (χ1) is 8.78. The van der Waals surface area contributed by atoms with Gasteiger partial charge in [-0.05, 0) is 48.2 Å². The van der Waals surface area contributed by atoms with Crippen LogP contribution in [0.2, 0.25) is 0 Å². The van der Waals surface area contributed by atoms with E-state index in [1.165, 1.54) is 11.1 Å². The molecule has 0 aliphatic heterocycles. The number of hydrogen-bond donors (Lipinski definition) is 1. The maximum Gasteiger partial charge on any atom is 0.118 e. The molecule has 3 nitrogen and oxygen atoms in total. The number of pyridine rings is 1. The Morgan fingerprint density at radius 3 is 2.11 bits per heavy atom. The van der Waals surface area contributed by atoms with E-state index in [9.17, 15) is 0 Å². The zero-order chi connectivity index (χ0) is 12.8. The monoisotopic (exact) mass is 242 g/mol. The lowest BCUT2D eigenvalue weighted by molar-refractivity contribution is 0.414. The lowest BCUT2D eigenvalue weighted by Crippen LogP contribution is -2.25. The van der Waals surface area contributed by atoms with E-state index < -0.39 is 0 Å². The molecule has 0 saturated carbocycles. The van der Waals surface area contributed by atoms with Crippen molar-refractivity contribution in [2.75, 3.05) is 7.11 Å². The smallest absolute Gasteiger partial charge is 0.118 e. The molecular formula is C15H18N2O. The van der Waals surface area contributed by atoms with Gasteiger partial charge in [-0.1, -0.05) is 12.1 Å². The van der Waals surface area contributed by atoms with Crippen molar-refractivity contribution in [3.63, 3.8) is 0 Å². The zero-order valence-electron chi connectivity index (χ0n) is 10.5. The van der Waals surface area contributed by atoms with Gasteiger partial charge in [-0.15, -0.1) is 0 Å². The van der Waals surface area contributed by atoms with E-state index in [-0.39, 0.29) is 6.04 Å². The van der Waals surface area contributed by atoms with Crippen molar-refractivity contribution in [1.82, 2.24) is 4.98 Å². The van der Waals surface area contributed by atoms with E-state index in [0.29, 0.717) is 0 Å². The second kappa shape index (κ2) is 6.17. The molecule has 0 spiro atoms. The molecule has 0 aliphatic rings. The van der Waals surface area contributed by atoms with Gasteiger partial charge in [-0.3, -0.25) is 4.98 Å². The van der Waals surface area contributed by atoms with Gasteiger partial charge in [-0.25, -0.2) is 0 Å². The van der Waals surface area contributed by atoms with Gasteiger partial charge in [0.2, 0.25) is 0 Å². The highest BCUT2D eigenvalue weighted by molar-refractivity contribution is 5.28. The van der Waals surface area contributed by atoms with E-state index in [2.05, 4.69) is 17.1 Å². The van der Waals surface area contributed by atoms with E-state index >= 15 is 0 Å². The molecule has 0 radical (unpaired) electrons. The Morgan fingerprint density at radius 2 is 1.56 bits per heavy atom. The van der Waals surface area contributed by atoms with Crippen LogP contribution in [0, 0.1) is 0 Å². The molecule has 2 rings (SSSR count). The molecule has 18 heavy (non-hydrogen) atoms. The van der Waals surface area contributed by atoms with Crippen molar-refractivity contribution < 1.29 is 4.74 Å². The lowest BCUT2D eigenvalue weighted by Gasteiger charge is -2.12. The van der Waals surface area contributed by atoms with Crippen LogP contribution in [0.25, 0.3) is 0 Å². The molecule has 0 aliphatic carbocycles. The summed E-state index contributed by atoms with van der Waals surface area (Å²) < 4.78 is 5.13. The summed E-state index contributed by atoms with van der Waals surface area (Å²) in [5, 5.41) is 0. The molecule has 0 fully saturated rings. The Labute approximate surface area is 108 Å². The summed E-state index contributed by atoms with van der Waals surface area (Å²) in [5.74, 6) is 0.876. The molecule has 2 N–H and O–H groups in total. The second-order valence-corrected chi connectivity index (χ2v) is 4.37. The van der Waals surface area contributed by atoms with Crippen LogP contribution in [0.15, 0.2) is 48.8 Å². The molecule has 3 heteroatoms. The van der Waals surface area contributed by atoms with Gasteiger partial charge in [0.15, 0.2) is 0 Å². The number of aromatic nitrogens is 1. The van der Waals surface area contributed by atoms with Crippen LogP contribution >= 0.6 is 0 Å². The van der Waals surface area contributed by atoms with Crippen molar-refractivity contribution in [3.8, 4) is 5.75 Å². The van der Waals surface area contributed by atoms with Crippen LogP contribution in [0.4, 0.5) is 0 Å². The number of methoxy groups -OCH3 is 1. The van der Waals surface area contributed by atoms with Crippen LogP contribution in [0.1, 0.15) is 11.1 Å². The molecule has 1 aromatic heterocycles. The Hall–Kier alpha value is -1.87. The molecule has 2 aromatic rings. The highest BCUT2D eigenvalue weighted by Gasteiger charge is 2.05. The molecular weight excluding hydrogens is 224 g/mol. The van der Waals surface area contributed by atoms with Crippen LogP contribution in [-0.4, -0.2) is 18.1 Å². The molecule has 0 amide bonds. The predicted molar refractivity (Wildman–Crippen MR) is 72.6 cm³/mol. The Morgan fingerprint density at radius 1 is 1.00 bits per heavy atom. The molecule has 94 valence electrons. The summed E-state index contributed by atoms with van der Waals surface area (Å²) in [5.41, 5.74) is 8.62. The van der Waals surface area contributed by atoms with Gasteiger partial charge < -0.3 is 10.5 Å². The average molecular weight is 242 g/mol. The zero-order valence-corrected chi connectivity index (χ0v) is 10.5. The van der Waals surface area contributed by atoms with E-state index in [1.54, 1.807) is 19.5 Å². The fraction of sp³-hybridized carbons (Fsp3) is 0.267. The molecule has 0 saturated heterocycles. The van der Waals surface area contributed by atoms with Gasteiger partial charge in [0.25, 0.3) is 0 Å². The standard InChI is InChI=1S/C15H18N2O/c1-18-15-4-2-12(3-5-15)10-14(16)11-13-6-8-17-9-7-13/h2-9,14H,10-11,16H2,1H3. The average Bonchev–Trinajstić information content (AvgIpc) is 2.40. The van der Waals surface area contributed by atoms with Crippen molar-refractivity contribution in [1.29, 1.82) is 0 Å². The SMILES string of the molecule is COc1ccc(CC(N)Cc2ccncc2)cc1. The maximum atomic E-state index is 6.16. The molecule has 0 bridgehead atoms. The van der Waals surface area contributed by atoms with Crippen molar-refractivity contribution in [3.05, 3.63) is 59.9 Å². The van der Waals surface area contributed by atoms with Gasteiger partial charge in [-0.2, -0.15) is 0 Å². The minimum absolute atomic E-state index is 0.126. The first-order valence-electron chi connectivity index (χ1n) is 6.05. The lowest BCUT2D eigenvalue weighted by atomic mass is 10.0. The number of benzene rings is 1. The Bertz CT molecular complexity index is 468. The van der Waals surface area contributed by atoms with Crippen LogP contribution < -0.4 is 10.5 Å². The molecule has 1 unspecified atom stereocenters. The third-order valence-electron chi connectivity index (χ3n) is 2.90. The molecule has 1 atom stereocenters. The highest BCUT2D eigenvalue weighted by atomic mass is 16.5. The topological polar surface area (TPSA) is 48.1 Å². The normalized spacial score (nSPS) is 12.1. The highest BCUT2D eigenvalue weighted by Crippen LogP contribution is 2.13. The van der Waals surface area contributed by atoms with Crippen molar-refractivity contribution in [2.45, 2.75) is 18.9 Å². The van der Waals surface area contributed by atoms with Crippen molar-refractivity contribution >= 4 is 0 Å². The number of nitrogens with zero attached hydrogens (tertiary/aromatic N) is 1. The third kappa shape index (κ3) is 3.57. The quantitative estimate of drug-likeness (QED) is 0.874. The Balaban J connectivity index is 1.92. The maximum absolute atomic E-state index is 6.16. The number of ether oxygens (including phenoxy) is 1. The first-order valence-corrected chi connectivity index (χ1v) is 6.05. The summed E-state index contributed by atoms with van der Waals surface area (Å²) in [6, 6.07) is 12.2. The summed E-state index contributed by atoms with van der Waals surface area (Å²) in [4.78, 5) is 4.00. The van der Waals surface area contributed by atoms with Crippen LogP contribution in [-0.2, 0) is 12.8 Å².